The number of hydrogen-bond donors (Lipinski definition) is 0. The van der Waals surface area contributed by atoms with Crippen LogP contribution in [0, 0.1) is 5.92 Å². The number of carbonyl (C=O) groups excluding carboxylic acids is 1. The van der Waals surface area contributed by atoms with Gasteiger partial charge in [-0.3, -0.25) is 4.79 Å². The van der Waals surface area contributed by atoms with E-state index in [0.717, 1.165) is 17.7 Å². The number of rotatable bonds is 5. The van der Waals surface area contributed by atoms with Crippen LogP contribution >= 0.6 is 11.3 Å². The lowest BCUT2D eigenvalue weighted by atomic mass is 9.90. The summed E-state index contributed by atoms with van der Waals surface area (Å²) in [5.74, 6) is 1.39. The molecule has 2 aromatic rings. The molecule has 0 spiro atoms. The van der Waals surface area contributed by atoms with E-state index in [-0.39, 0.29) is 29.6 Å². The molecule has 1 fully saturated rings. The van der Waals surface area contributed by atoms with Gasteiger partial charge in [-0.15, -0.1) is 11.3 Å². The van der Waals surface area contributed by atoms with Crippen LogP contribution in [0.4, 0.5) is 0 Å². The second-order valence-corrected chi connectivity index (χ2v) is 11.2. The summed E-state index contributed by atoms with van der Waals surface area (Å²) in [5.41, 5.74) is 1.30. The van der Waals surface area contributed by atoms with Gasteiger partial charge in [-0.05, 0) is 48.9 Å². The average Bonchev–Trinajstić information content (AvgIpc) is 3.21. The van der Waals surface area contributed by atoms with E-state index in [0.29, 0.717) is 24.8 Å². The zero-order chi connectivity index (χ0) is 22.2. The van der Waals surface area contributed by atoms with Crippen LogP contribution < -0.4 is 9.47 Å². The molecule has 2 heterocycles. The van der Waals surface area contributed by atoms with E-state index in [9.17, 15) is 13.2 Å². The van der Waals surface area contributed by atoms with Crippen LogP contribution in [0.1, 0.15) is 33.5 Å². The number of hydrogen-bond acceptors (Lipinski definition) is 6. The third-order valence-corrected chi connectivity index (χ3v) is 9.20. The van der Waals surface area contributed by atoms with Gasteiger partial charge in [-0.1, -0.05) is 6.92 Å². The molecule has 1 atom stereocenters. The van der Waals surface area contributed by atoms with Crippen molar-refractivity contribution in [2.24, 2.45) is 5.92 Å². The number of aryl methyl sites for hydroxylation is 1. The molecule has 0 saturated carbocycles. The van der Waals surface area contributed by atoms with Gasteiger partial charge in [-0.2, -0.15) is 4.31 Å². The van der Waals surface area contributed by atoms with Crippen molar-refractivity contribution in [1.82, 2.24) is 9.21 Å². The Labute approximate surface area is 187 Å². The van der Waals surface area contributed by atoms with Crippen molar-refractivity contribution in [3.05, 3.63) is 39.6 Å². The minimum absolute atomic E-state index is 0.00284. The van der Waals surface area contributed by atoms with Gasteiger partial charge >= 0.3 is 0 Å². The predicted octanol–water partition coefficient (Wildman–Crippen LogP) is 3.04. The van der Waals surface area contributed by atoms with Gasteiger partial charge in [0.2, 0.25) is 10.0 Å². The van der Waals surface area contributed by atoms with E-state index >= 15 is 0 Å². The molecule has 0 N–H and O–H groups in total. The summed E-state index contributed by atoms with van der Waals surface area (Å²) in [6, 6.07) is 6.77. The Morgan fingerprint density at radius 2 is 1.84 bits per heavy atom. The zero-order valence-electron chi connectivity index (χ0n) is 18.1. The molecular formula is C22H28N2O5S2. The monoisotopic (exact) mass is 464 g/mol. The van der Waals surface area contributed by atoms with Crippen molar-refractivity contribution >= 4 is 27.3 Å². The van der Waals surface area contributed by atoms with E-state index in [1.807, 2.05) is 6.07 Å². The summed E-state index contributed by atoms with van der Waals surface area (Å²) in [4.78, 5) is 17.0. The molecule has 1 aliphatic carbocycles. The average molecular weight is 465 g/mol. The minimum Gasteiger partial charge on any atom is -0.497 e. The number of thiophene rings is 1. The van der Waals surface area contributed by atoms with Crippen LogP contribution in [0.25, 0.3) is 0 Å². The second-order valence-electron chi connectivity index (χ2n) is 8.12. The Hall–Kier alpha value is -2.10. The zero-order valence-corrected chi connectivity index (χ0v) is 19.7. The molecule has 0 radical (unpaired) electrons. The maximum atomic E-state index is 13.2. The molecule has 4 rings (SSSR count). The minimum atomic E-state index is -3.77. The summed E-state index contributed by atoms with van der Waals surface area (Å²) in [5, 5.41) is 0. The molecular weight excluding hydrogens is 436 g/mol. The van der Waals surface area contributed by atoms with E-state index in [1.54, 1.807) is 28.4 Å². The van der Waals surface area contributed by atoms with Crippen LogP contribution in [0.15, 0.2) is 29.2 Å². The molecule has 1 aromatic carbocycles. The summed E-state index contributed by atoms with van der Waals surface area (Å²) in [6.07, 6.45) is 3.25. The Balaban J connectivity index is 1.47. The molecule has 1 saturated heterocycles. The van der Waals surface area contributed by atoms with Gasteiger partial charge in [0.05, 0.1) is 19.1 Å². The van der Waals surface area contributed by atoms with Crippen LogP contribution in [-0.2, 0) is 22.9 Å². The normalized spacial score (nSPS) is 19.7. The highest BCUT2D eigenvalue weighted by Crippen LogP contribution is 2.34. The third-order valence-electron chi connectivity index (χ3n) is 6.05. The van der Waals surface area contributed by atoms with Gasteiger partial charge in [0, 0.05) is 37.1 Å². The number of amides is 1. The number of benzene rings is 1. The van der Waals surface area contributed by atoms with Crippen molar-refractivity contribution in [1.29, 1.82) is 0 Å². The first-order valence-corrected chi connectivity index (χ1v) is 12.7. The number of fused-ring (bicyclic) bond motifs is 1. The van der Waals surface area contributed by atoms with Crippen LogP contribution in [-0.4, -0.2) is 63.9 Å². The predicted molar refractivity (Wildman–Crippen MR) is 120 cm³/mol. The first kappa shape index (κ1) is 22.1. The van der Waals surface area contributed by atoms with Gasteiger partial charge in [0.25, 0.3) is 5.91 Å². The summed E-state index contributed by atoms with van der Waals surface area (Å²) in [7, 11) is -0.832. The van der Waals surface area contributed by atoms with E-state index in [2.05, 4.69) is 6.92 Å². The SMILES string of the molecule is COc1ccc(OC)c(S(=O)(=O)N2CCN(C(=O)c3cc4c(s3)CCC(C)C4)CC2)c1. The van der Waals surface area contributed by atoms with E-state index < -0.39 is 10.0 Å². The first-order valence-electron chi connectivity index (χ1n) is 10.5. The number of ether oxygens (including phenoxy) is 2. The quantitative estimate of drug-likeness (QED) is 0.680. The molecule has 168 valence electrons. The fourth-order valence-corrected chi connectivity index (χ4v) is 6.99. The fourth-order valence-electron chi connectivity index (χ4n) is 4.22. The summed E-state index contributed by atoms with van der Waals surface area (Å²) < 4.78 is 38.3. The lowest BCUT2D eigenvalue weighted by Crippen LogP contribution is -2.50. The highest BCUT2D eigenvalue weighted by atomic mass is 32.2. The standard InChI is InChI=1S/C22H28N2O5S2/c1-15-4-7-19-16(12-15)13-20(30-19)22(25)23-8-10-24(11-9-23)31(26,27)21-14-17(28-2)5-6-18(21)29-3/h5-6,13-15H,4,7-12H2,1-3H3. The molecule has 31 heavy (non-hydrogen) atoms. The third kappa shape index (κ3) is 4.31. The number of nitrogens with zero attached hydrogens (tertiary/aromatic N) is 2. The topological polar surface area (TPSA) is 76.2 Å². The highest BCUT2D eigenvalue weighted by Gasteiger charge is 2.33. The van der Waals surface area contributed by atoms with Crippen LogP contribution in [0.2, 0.25) is 0 Å². The van der Waals surface area contributed by atoms with Gasteiger partial charge in [-0.25, -0.2) is 8.42 Å². The van der Waals surface area contributed by atoms with Crippen molar-refractivity contribution in [3.63, 3.8) is 0 Å². The molecule has 1 amide bonds. The van der Waals surface area contributed by atoms with Gasteiger partial charge in [0.15, 0.2) is 0 Å². The number of piperazine rings is 1. The van der Waals surface area contributed by atoms with Crippen LogP contribution in [0.5, 0.6) is 11.5 Å². The van der Waals surface area contributed by atoms with E-state index in [1.165, 1.54) is 41.5 Å². The maximum absolute atomic E-state index is 13.2. The van der Waals surface area contributed by atoms with Gasteiger partial charge in [0.1, 0.15) is 16.4 Å². The molecule has 0 bridgehead atoms. The van der Waals surface area contributed by atoms with Crippen LogP contribution in [0.3, 0.4) is 0 Å². The van der Waals surface area contributed by atoms with Crippen molar-refractivity contribution < 1.29 is 22.7 Å². The molecule has 7 nitrogen and oxygen atoms in total. The summed E-state index contributed by atoms with van der Waals surface area (Å²) >= 11 is 1.60. The first-order chi connectivity index (χ1) is 14.8. The maximum Gasteiger partial charge on any atom is 0.264 e. The number of methoxy groups -OCH3 is 2. The highest BCUT2D eigenvalue weighted by molar-refractivity contribution is 7.89. The molecule has 2 aliphatic rings. The Morgan fingerprint density at radius 1 is 1.10 bits per heavy atom. The lowest BCUT2D eigenvalue weighted by molar-refractivity contribution is 0.0702. The summed E-state index contributed by atoms with van der Waals surface area (Å²) in [6.45, 7) is 3.47. The van der Waals surface area contributed by atoms with Crippen molar-refractivity contribution in [2.45, 2.75) is 31.1 Å². The Kier molecular flexibility index (Phi) is 6.27. The van der Waals surface area contributed by atoms with Gasteiger partial charge < -0.3 is 14.4 Å². The number of carbonyl (C=O) groups is 1. The van der Waals surface area contributed by atoms with Crippen molar-refractivity contribution in [3.8, 4) is 11.5 Å². The number of sulfonamides is 1. The molecule has 1 unspecified atom stereocenters. The smallest absolute Gasteiger partial charge is 0.264 e. The van der Waals surface area contributed by atoms with Crippen molar-refractivity contribution in [2.75, 3.05) is 40.4 Å². The lowest BCUT2D eigenvalue weighted by Gasteiger charge is -2.34. The fraction of sp³-hybridized carbons (Fsp3) is 0.500. The Morgan fingerprint density at radius 3 is 2.52 bits per heavy atom. The van der Waals surface area contributed by atoms with E-state index in [4.69, 9.17) is 9.47 Å². The molecule has 9 heteroatoms. The molecule has 1 aromatic heterocycles. The Bertz CT molecular complexity index is 1070. The second kappa shape index (κ2) is 8.80. The largest absolute Gasteiger partial charge is 0.497 e. The molecule has 1 aliphatic heterocycles.